The fraction of sp³-hybridized carbons (Fsp3) is 0.929. The zero-order chi connectivity index (χ0) is 14.1. The summed E-state index contributed by atoms with van der Waals surface area (Å²) < 4.78 is 43.9. The number of hydrogen-bond donors (Lipinski definition) is 0. The second-order valence-corrected chi connectivity index (χ2v) is 5.97. The zero-order valence-electron chi connectivity index (χ0n) is 11.3. The van der Waals surface area contributed by atoms with Crippen molar-refractivity contribution in [3.63, 3.8) is 0 Å². The van der Waals surface area contributed by atoms with Crippen molar-refractivity contribution in [2.75, 3.05) is 0 Å². The van der Waals surface area contributed by atoms with Crippen LogP contribution in [-0.2, 0) is 9.53 Å². The van der Waals surface area contributed by atoms with Crippen molar-refractivity contribution in [3.05, 3.63) is 0 Å². The van der Waals surface area contributed by atoms with Crippen LogP contribution < -0.4 is 0 Å². The van der Waals surface area contributed by atoms with Gasteiger partial charge in [0.1, 0.15) is 5.60 Å². The van der Waals surface area contributed by atoms with Gasteiger partial charge in [-0.15, -0.1) is 0 Å². The van der Waals surface area contributed by atoms with E-state index in [1.807, 2.05) is 0 Å². The molecule has 2 saturated carbocycles. The lowest BCUT2D eigenvalue weighted by atomic mass is 9.74. The molecular weight excluding hydrogens is 257 g/mol. The van der Waals surface area contributed by atoms with E-state index in [4.69, 9.17) is 4.74 Å². The van der Waals surface area contributed by atoms with Crippen LogP contribution in [0.3, 0.4) is 0 Å². The van der Waals surface area contributed by atoms with Crippen molar-refractivity contribution in [1.29, 1.82) is 0 Å². The number of ether oxygens (including phenoxy) is 1. The molecule has 0 amide bonds. The highest BCUT2D eigenvalue weighted by Gasteiger charge is 2.51. The standard InChI is InChI=1S/C14H21F3O2/c1-10(18)19-13(7-3-2-4-8-13)11-5-6-12(9-11)14(15,16)17/h11-12H,2-9H2,1H3. The Morgan fingerprint density at radius 2 is 1.79 bits per heavy atom. The van der Waals surface area contributed by atoms with Crippen molar-refractivity contribution in [3.8, 4) is 0 Å². The molecule has 2 atom stereocenters. The molecule has 0 radical (unpaired) electrons. The summed E-state index contributed by atoms with van der Waals surface area (Å²) in [5, 5.41) is 0. The van der Waals surface area contributed by atoms with Crippen LogP contribution in [0.2, 0.25) is 0 Å². The van der Waals surface area contributed by atoms with Gasteiger partial charge in [-0.2, -0.15) is 13.2 Å². The molecule has 0 heterocycles. The van der Waals surface area contributed by atoms with E-state index in [0.29, 0.717) is 6.42 Å². The summed E-state index contributed by atoms with van der Waals surface area (Å²) in [6.07, 6.45) is 1.13. The summed E-state index contributed by atoms with van der Waals surface area (Å²) in [4.78, 5) is 11.3. The summed E-state index contributed by atoms with van der Waals surface area (Å²) in [7, 11) is 0. The minimum Gasteiger partial charge on any atom is -0.459 e. The number of alkyl halides is 3. The molecule has 0 spiro atoms. The minimum atomic E-state index is -4.11. The molecule has 0 aromatic rings. The first-order chi connectivity index (χ1) is 8.83. The maximum absolute atomic E-state index is 12.8. The molecule has 2 nitrogen and oxygen atoms in total. The van der Waals surface area contributed by atoms with Gasteiger partial charge in [0.25, 0.3) is 0 Å². The molecule has 2 unspecified atom stereocenters. The van der Waals surface area contributed by atoms with Gasteiger partial charge in [0, 0.05) is 6.92 Å². The van der Waals surface area contributed by atoms with Crippen LogP contribution >= 0.6 is 0 Å². The van der Waals surface area contributed by atoms with Gasteiger partial charge in [-0.1, -0.05) is 6.42 Å². The summed E-state index contributed by atoms with van der Waals surface area (Å²) >= 11 is 0. The predicted molar refractivity (Wildman–Crippen MR) is 64.5 cm³/mol. The van der Waals surface area contributed by atoms with Crippen molar-refractivity contribution in [2.45, 2.75) is 70.1 Å². The van der Waals surface area contributed by atoms with Gasteiger partial charge in [0.05, 0.1) is 5.92 Å². The van der Waals surface area contributed by atoms with E-state index >= 15 is 0 Å². The average molecular weight is 278 g/mol. The van der Waals surface area contributed by atoms with E-state index in [1.165, 1.54) is 6.92 Å². The molecule has 0 bridgehead atoms. The molecule has 0 aromatic carbocycles. The summed E-state index contributed by atoms with van der Waals surface area (Å²) in [6.45, 7) is 1.35. The highest BCUT2D eigenvalue weighted by molar-refractivity contribution is 5.66. The Morgan fingerprint density at radius 1 is 1.16 bits per heavy atom. The van der Waals surface area contributed by atoms with Crippen LogP contribution in [-0.4, -0.2) is 17.7 Å². The first-order valence-electron chi connectivity index (χ1n) is 7.10. The van der Waals surface area contributed by atoms with Crippen LogP contribution in [0.1, 0.15) is 58.3 Å². The maximum Gasteiger partial charge on any atom is 0.391 e. The van der Waals surface area contributed by atoms with E-state index < -0.39 is 17.7 Å². The van der Waals surface area contributed by atoms with Crippen molar-refractivity contribution in [2.24, 2.45) is 11.8 Å². The molecule has 2 aliphatic rings. The number of hydrogen-bond acceptors (Lipinski definition) is 2. The van der Waals surface area contributed by atoms with Gasteiger partial charge in [-0.3, -0.25) is 4.79 Å². The number of carbonyl (C=O) groups excluding carboxylic acids is 1. The summed E-state index contributed by atoms with van der Waals surface area (Å²) in [6, 6.07) is 0. The lowest BCUT2D eigenvalue weighted by Crippen LogP contribution is -2.43. The first-order valence-corrected chi connectivity index (χ1v) is 7.10. The summed E-state index contributed by atoms with van der Waals surface area (Å²) in [5.74, 6) is -1.70. The van der Waals surface area contributed by atoms with E-state index in [-0.39, 0.29) is 24.7 Å². The van der Waals surface area contributed by atoms with E-state index in [9.17, 15) is 18.0 Å². The lowest BCUT2D eigenvalue weighted by molar-refractivity contribution is -0.180. The largest absolute Gasteiger partial charge is 0.459 e. The second kappa shape index (κ2) is 5.33. The quantitative estimate of drug-likeness (QED) is 0.706. The van der Waals surface area contributed by atoms with Crippen LogP contribution in [0.5, 0.6) is 0 Å². The van der Waals surface area contributed by atoms with E-state index in [0.717, 1.165) is 32.1 Å². The Hall–Kier alpha value is -0.740. The monoisotopic (exact) mass is 278 g/mol. The Morgan fingerprint density at radius 3 is 2.26 bits per heavy atom. The lowest BCUT2D eigenvalue weighted by Gasteiger charge is -2.41. The van der Waals surface area contributed by atoms with Gasteiger partial charge in [-0.05, 0) is 50.9 Å². The highest BCUT2D eigenvalue weighted by Crippen LogP contribution is 2.50. The van der Waals surface area contributed by atoms with Crippen LogP contribution in [0, 0.1) is 11.8 Å². The number of rotatable bonds is 2. The normalized spacial score (nSPS) is 31.2. The Bertz CT molecular complexity index is 332. The van der Waals surface area contributed by atoms with Gasteiger partial charge in [0.15, 0.2) is 0 Å². The molecule has 110 valence electrons. The van der Waals surface area contributed by atoms with Gasteiger partial charge >= 0.3 is 12.1 Å². The molecule has 19 heavy (non-hydrogen) atoms. The molecule has 2 rings (SSSR count). The van der Waals surface area contributed by atoms with Gasteiger partial charge < -0.3 is 4.74 Å². The third-order valence-electron chi connectivity index (χ3n) is 4.69. The third-order valence-corrected chi connectivity index (χ3v) is 4.69. The first kappa shape index (κ1) is 14.7. The number of carbonyl (C=O) groups is 1. The predicted octanol–water partition coefficient (Wildman–Crippen LogP) is 4.23. The van der Waals surface area contributed by atoms with Crippen molar-refractivity contribution >= 4 is 5.97 Å². The molecule has 2 aliphatic carbocycles. The van der Waals surface area contributed by atoms with Crippen LogP contribution in [0.4, 0.5) is 13.2 Å². The van der Waals surface area contributed by atoms with Crippen LogP contribution in [0.25, 0.3) is 0 Å². The molecule has 0 aliphatic heterocycles. The minimum absolute atomic E-state index is 0.122. The van der Waals surface area contributed by atoms with E-state index in [1.54, 1.807) is 0 Å². The van der Waals surface area contributed by atoms with Crippen LogP contribution in [0.15, 0.2) is 0 Å². The maximum atomic E-state index is 12.8. The molecule has 0 saturated heterocycles. The topological polar surface area (TPSA) is 26.3 Å². The molecule has 2 fully saturated rings. The average Bonchev–Trinajstić information content (AvgIpc) is 2.78. The smallest absolute Gasteiger partial charge is 0.391 e. The zero-order valence-corrected chi connectivity index (χ0v) is 11.3. The number of halogens is 3. The Labute approximate surface area is 111 Å². The van der Waals surface area contributed by atoms with Crippen molar-refractivity contribution in [1.82, 2.24) is 0 Å². The fourth-order valence-corrected chi connectivity index (χ4v) is 3.79. The molecule has 5 heteroatoms. The molecule has 0 N–H and O–H groups in total. The molecular formula is C14H21F3O2. The molecule has 0 aromatic heterocycles. The Kier molecular flexibility index (Phi) is 4.11. The fourth-order valence-electron chi connectivity index (χ4n) is 3.79. The van der Waals surface area contributed by atoms with Crippen molar-refractivity contribution < 1.29 is 22.7 Å². The highest BCUT2D eigenvalue weighted by atomic mass is 19.4. The third kappa shape index (κ3) is 3.23. The Balaban J connectivity index is 2.10. The van der Waals surface area contributed by atoms with Gasteiger partial charge in [0.2, 0.25) is 0 Å². The number of esters is 1. The second-order valence-electron chi connectivity index (χ2n) is 5.97. The van der Waals surface area contributed by atoms with Gasteiger partial charge in [-0.25, -0.2) is 0 Å². The SMILES string of the molecule is CC(=O)OC1(C2CCC(C(F)(F)F)C2)CCCCC1. The van der Waals surface area contributed by atoms with E-state index in [2.05, 4.69) is 0 Å². The summed E-state index contributed by atoms with van der Waals surface area (Å²) in [5.41, 5.74) is -0.621.